The lowest BCUT2D eigenvalue weighted by atomic mass is 10.1. The molecule has 0 amide bonds. The van der Waals surface area contributed by atoms with E-state index in [2.05, 4.69) is 15.5 Å². The SMILES string of the molecule is O=Nc1ccc(/C=C/c2cc(N=O)cc(N=O)c2)cc1. The average molecular weight is 267 g/mol. The summed E-state index contributed by atoms with van der Waals surface area (Å²) in [4.78, 5) is 31.3. The zero-order valence-electron chi connectivity index (χ0n) is 10.3. The molecule has 20 heavy (non-hydrogen) atoms. The molecule has 0 aliphatic carbocycles. The maximum Gasteiger partial charge on any atom is 0.110 e. The van der Waals surface area contributed by atoms with Gasteiger partial charge < -0.3 is 0 Å². The van der Waals surface area contributed by atoms with Crippen molar-refractivity contribution in [1.29, 1.82) is 0 Å². The minimum absolute atomic E-state index is 0.141. The minimum Gasteiger partial charge on any atom is -0.145 e. The van der Waals surface area contributed by atoms with E-state index in [-0.39, 0.29) is 11.4 Å². The van der Waals surface area contributed by atoms with Gasteiger partial charge in [-0.2, -0.15) is 0 Å². The van der Waals surface area contributed by atoms with E-state index < -0.39 is 0 Å². The molecule has 0 atom stereocenters. The summed E-state index contributed by atoms with van der Waals surface area (Å²) in [7, 11) is 0. The van der Waals surface area contributed by atoms with Crippen molar-refractivity contribution in [2.75, 3.05) is 0 Å². The first-order valence-corrected chi connectivity index (χ1v) is 5.68. The van der Waals surface area contributed by atoms with Gasteiger partial charge in [0.25, 0.3) is 0 Å². The molecule has 0 aliphatic heterocycles. The Morgan fingerprint density at radius 3 is 1.60 bits per heavy atom. The molecular weight excluding hydrogens is 258 g/mol. The van der Waals surface area contributed by atoms with Crippen LogP contribution >= 0.6 is 0 Å². The fraction of sp³-hybridized carbons (Fsp3) is 0. The van der Waals surface area contributed by atoms with Crippen LogP contribution in [0.15, 0.2) is 58.0 Å². The van der Waals surface area contributed by atoms with Crippen LogP contribution in [0.3, 0.4) is 0 Å². The number of benzene rings is 2. The zero-order valence-corrected chi connectivity index (χ0v) is 10.3. The average Bonchev–Trinajstić information content (AvgIpc) is 2.53. The second-order valence-corrected chi connectivity index (χ2v) is 3.98. The Morgan fingerprint density at radius 1 is 0.600 bits per heavy atom. The van der Waals surface area contributed by atoms with Crippen LogP contribution in [0.1, 0.15) is 11.1 Å². The first-order chi connectivity index (χ1) is 9.75. The summed E-state index contributed by atoms with van der Waals surface area (Å²) < 4.78 is 0. The molecule has 0 fully saturated rings. The molecule has 2 rings (SSSR count). The fourth-order valence-corrected chi connectivity index (χ4v) is 1.66. The first kappa shape index (κ1) is 13.4. The summed E-state index contributed by atoms with van der Waals surface area (Å²) in [6, 6.07) is 11.0. The van der Waals surface area contributed by atoms with Crippen molar-refractivity contribution in [2.24, 2.45) is 15.5 Å². The molecule has 0 bridgehead atoms. The first-order valence-electron chi connectivity index (χ1n) is 5.68. The van der Waals surface area contributed by atoms with Gasteiger partial charge in [0.1, 0.15) is 17.1 Å². The van der Waals surface area contributed by atoms with Crippen LogP contribution < -0.4 is 0 Å². The van der Waals surface area contributed by atoms with Crippen LogP contribution in [0.5, 0.6) is 0 Å². The molecule has 0 saturated heterocycles. The normalized spacial score (nSPS) is 10.4. The Hall–Kier alpha value is -3.02. The van der Waals surface area contributed by atoms with Crippen LogP contribution in [0.4, 0.5) is 17.1 Å². The molecule has 98 valence electrons. The van der Waals surface area contributed by atoms with Gasteiger partial charge in [0.15, 0.2) is 0 Å². The van der Waals surface area contributed by atoms with E-state index in [9.17, 15) is 14.7 Å². The lowest BCUT2D eigenvalue weighted by Gasteiger charge is -1.97. The van der Waals surface area contributed by atoms with Crippen molar-refractivity contribution in [3.8, 4) is 0 Å². The number of rotatable bonds is 5. The molecule has 0 N–H and O–H groups in total. The van der Waals surface area contributed by atoms with Crippen molar-refractivity contribution in [2.45, 2.75) is 0 Å². The second kappa shape index (κ2) is 6.24. The van der Waals surface area contributed by atoms with Crippen molar-refractivity contribution in [1.82, 2.24) is 0 Å². The largest absolute Gasteiger partial charge is 0.145 e. The smallest absolute Gasteiger partial charge is 0.110 e. The molecule has 2 aromatic carbocycles. The van der Waals surface area contributed by atoms with Crippen LogP contribution in [-0.4, -0.2) is 0 Å². The number of nitrogens with zero attached hydrogens (tertiary/aromatic N) is 3. The van der Waals surface area contributed by atoms with Crippen LogP contribution in [-0.2, 0) is 0 Å². The van der Waals surface area contributed by atoms with Gasteiger partial charge in [-0.3, -0.25) is 0 Å². The van der Waals surface area contributed by atoms with Gasteiger partial charge in [0.2, 0.25) is 0 Å². The molecule has 0 aliphatic rings. The van der Waals surface area contributed by atoms with Crippen molar-refractivity contribution in [3.05, 3.63) is 68.3 Å². The summed E-state index contributed by atoms with van der Waals surface area (Å²) in [6.45, 7) is 0. The number of hydrogen-bond acceptors (Lipinski definition) is 6. The van der Waals surface area contributed by atoms with E-state index in [1.165, 1.54) is 6.07 Å². The standard InChI is InChI=1S/C14H9N3O3/c18-15-12-5-3-10(4-6-12)1-2-11-7-13(16-19)9-14(8-11)17-20/h1-9H/b2-1+. The van der Waals surface area contributed by atoms with Crippen LogP contribution in [0, 0.1) is 14.7 Å². The predicted molar refractivity (Wildman–Crippen MR) is 78.2 cm³/mol. The van der Waals surface area contributed by atoms with E-state index in [4.69, 9.17) is 0 Å². The molecule has 0 aromatic heterocycles. The maximum atomic E-state index is 10.5. The van der Waals surface area contributed by atoms with Crippen LogP contribution in [0.2, 0.25) is 0 Å². The van der Waals surface area contributed by atoms with Gasteiger partial charge in [-0.15, -0.1) is 14.7 Å². The third-order valence-electron chi connectivity index (χ3n) is 2.60. The Bertz CT molecular complexity index is 652. The molecule has 0 spiro atoms. The van der Waals surface area contributed by atoms with E-state index in [0.29, 0.717) is 11.3 Å². The molecule has 2 aromatic rings. The molecule has 0 unspecified atom stereocenters. The lowest BCUT2D eigenvalue weighted by Crippen LogP contribution is -1.74. The summed E-state index contributed by atoms with van der Waals surface area (Å²) in [5, 5.41) is 8.38. The quantitative estimate of drug-likeness (QED) is 0.560. The highest BCUT2D eigenvalue weighted by atomic mass is 16.3. The zero-order chi connectivity index (χ0) is 14.4. The highest BCUT2D eigenvalue weighted by Crippen LogP contribution is 2.24. The molecule has 0 radical (unpaired) electrons. The van der Waals surface area contributed by atoms with Gasteiger partial charge in [0, 0.05) is 0 Å². The van der Waals surface area contributed by atoms with Gasteiger partial charge in [-0.05, 0) is 57.0 Å². The maximum absolute atomic E-state index is 10.5. The molecule has 0 heterocycles. The van der Waals surface area contributed by atoms with Crippen molar-refractivity contribution >= 4 is 29.2 Å². The molecule has 0 saturated carbocycles. The summed E-state index contributed by atoms with van der Waals surface area (Å²) >= 11 is 0. The molecule has 6 nitrogen and oxygen atoms in total. The van der Waals surface area contributed by atoms with E-state index in [1.807, 2.05) is 0 Å². The van der Waals surface area contributed by atoms with Gasteiger partial charge in [-0.1, -0.05) is 24.3 Å². The third kappa shape index (κ3) is 3.26. The molecule has 6 heteroatoms. The fourth-order valence-electron chi connectivity index (χ4n) is 1.66. The third-order valence-corrected chi connectivity index (χ3v) is 2.60. The summed E-state index contributed by atoms with van der Waals surface area (Å²) in [6.07, 6.45) is 3.49. The van der Waals surface area contributed by atoms with Crippen molar-refractivity contribution < 1.29 is 0 Å². The number of hydrogen-bond donors (Lipinski definition) is 0. The summed E-state index contributed by atoms with van der Waals surface area (Å²) in [5.74, 6) is 0. The summed E-state index contributed by atoms with van der Waals surface area (Å²) in [5.41, 5.74) is 2.11. The monoisotopic (exact) mass is 267 g/mol. The van der Waals surface area contributed by atoms with Crippen molar-refractivity contribution in [3.63, 3.8) is 0 Å². The minimum atomic E-state index is 0.141. The molecular formula is C14H9N3O3. The van der Waals surface area contributed by atoms with Gasteiger partial charge in [-0.25, -0.2) is 0 Å². The predicted octanol–water partition coefficient (Wildman–Crippen LogP) is 5.05. The highest BCUT2D eigenvalue weighted by molar-refractivity contribution is 5.73. The Labute approximate surface area is 114 Å². The van der Waals surface area contributed by atoms with E-state index in [0.717, 1.165) is 5.56 Å². The van der Waals surface area contributed by atoms with E-state index in [1.54, 1.807) is 48.6 Å². The second-order valence-electron chi connectivity index (χ2n) is 3.98. The van der Waals surface area contributed by atoms with Gasteiger partial charge >= 0.3 is 0 Å². The number of nitroso groups, excluding NO2 is 3. The Morgan fingerprint density at radius 2 is 1.10 bits per heavy atom. The Balaban J connectivity index is 2.27. The highest BCUT2D eigenvalue weighted by Gasteiger charge is 2.00. The Kier molecular flexibility index (Phi) is 4.18. The van der Waals surface area contributed by atoms with Crippen LogP contribution in [0.25, 0.3) is 12.2 Å². The van der Waals surface area contributed by atoms with E-state index >= 15 is 0 Å². The lowest BCUT2D eigenvalue weighted by molar-refractivity contribution is 1.43. The van der Waals surface area contributed by atoms with Gasteiger partial charge in [0.05, 0.1) is 0 Å². The topological polar surface area (TPSA) is 88.3 Å².